The number of amides is 1. The molecule has 1 fully saturated rings. The maximum Gasteiger partial charge on any atom is 0.354 e. The zero-order valence-electron chi connectivity index (χ0n) is 13.0. The molecule has 0 atom stereocenters. The standard InChI is InChI=1S/C18H17FN2O3/c19-14-4-2-13(3-5-14)18(7-1-8-18)11-21-16(22)12-6-9-20-15(10-12)17(23)24/h2-6,9-10H,1,7-8,11H2,(H,21,22)(H,23,24). The van der Waals surface area contributed by atoms with Gasteiger partial charge in [-0.05, 0) is 42.7 Å². The van der Waals surface area contributed by atoms with Gasteiger partial charge in [0.2, 0.25) is 0 Å². The van der Waals surface area contributed by atoms with Gasteiger partial charge in [-0.2, -0.15) is 0 Å². The van der Waals surface area contributed by atoms with Crippen LogP contribution in [0.5, 0.6) is 0 Å². The molecule has 1 amide bonds. The van der Waals surface area contributed by atoms with Gasteiger partial charge in [-0.25, -0.2) is 14.2 Å². The van der Waals surface area contributed by atoms with E-state index in [1.807, 2.05) is 0 Å². The summed E-state index contributed by atoms with van der Waals surface area (Å²) in [6.45, 7) is 0.433. The number of hydrogen-bond acceptors (Lipinski definition) is 3. The zero-order chi connectivity index (χ0) is 17.2. The highest BCUT2D eigenvalue weighted by Crippen LogP contribution is 2.43. The van der Waals surface area contributed by atoms with Gasteiger partial charge in [0.1, 0.15) is 11.5 Å². The molecule has 1 aliphatic carbocycles. The highest BCUT2D eigenvalue weighted by molar-refractivity contribution is 5.96. The first-order valence-corrected chi connectivity index (χ1v) is 7.74. The third-order valence-corrected chi connectivity index (χ3v) is 4.60. The molecule has 1 aromatic heterocycles. The Balaban J connectivity index is 1.72. The number of hydrogen-bond donors (Lipinski definition) is 2. The number of carbonyl (C=O) groups is 2. The van der Waals surface area contributed by atoms with Crippen molar-refractivity contribution in [3.63, 3.8) is 0 Å². The minimum Gasteiger partial charge on any atom is -0.477 e. The number of nitrogens with one attached hydrogen (secondary N) is 1. The Morgan fingerprint density at radius 1 is 1.21 bits per heavy atom. The fourth-order valence-corrected chi connectivity index (χ4v) is 3.01. The van der Waals surface area contributed by atoms with E-state index in [4.69, 9.17) is 5.11 Å². The molecule has 24 heavy (non-hydrogen) atoms. The van der Waals surface area contributed by atoms with Gasteiger partial charge < -0.3 is 10.4 Å². The number of aromatic carboxylic acids is 1. The van der Waals surface area contributed by atoms with Crippen molar-refractivity contribution in [2.24, 2.45) is 0 Å². The SMILES string of the molecule is O=C(NCC1(c2ccc(F)cc2)CCC1)c1ccnc(C(=O)O)c1. The van der Waals surface area contributed by atoms with Crippen molar-refractivity contribution in [2.45, 2.75) is 24.7 Å². The van der Waals surface area contributed by atoms with Crippen molar-refractivity contribution in [1.29, 1.82) is 0 Å². The molecule has 0 aliphatic heterocycles. The Bertz CT molecular complexity index is 770. The Morgan fingerprint density at radius 3 is 2.50 bits per heavy atom. The highest BCUT2D eigenvalue weighted by atomic mass is 19.1. The monoisotopic (exact) mass is 328 g/mol. The summed E-state index contributed by atoms with van der Waals surface area (Å²) in [6, 6.07) is 9.11. The van der Waals surface area contributed by atoms with Gasteiger partial charge in [0, 0.05) is 23.7 Å². The molecule has 6 heteroatoms. The van der Waals surface area contributed by atoms with E-state index in [-0.39, 0.29) is 28.4 Å². The second-order valence-corrected chi connectivity index (χ2v) is 6.06. The average molecular weight is 328 g/mol. The fourth-order valence-electron chi connectivity index (χ4n) is 3.01. The summed E-state index contributed by atoms with van der Waals surface area (Å²) in [4.78, 5) is 26.9. The number of pyridine rings is 1. The number of carbonyl (C=O) groups excluding carboxylic acids is 1. The number of carboxylic acid groups (broad SMARTS) is 1. The van der Waals surface area contributed by atoms with Crippen molar-refractivity contribution in [3.8, 4) is 0 Å². The largest absolute Gasteiger partial charge is 0.477 e. The van der Waals surface area contributed by atoms with Crippen molar-refractivity contribution in [2.75, 3.05) is 6.54 Å². The first-order chi connectivity index (χ1) is 11.5. The molecule has 3 rings (SSSR count). The average Bonchev–Trinajstić information content (AvgIpc) is 2.55. The van der Waals surface area contributed by atoms with E-state index in [9.17, 15) is 14.0 Å². The summed E-state index contributed by atoms with van der Waals surface area (Å²) in [5, 5.41) is 11.8. The van der Waals surface area contributed by atoms with Crippen LogP contribution in [0.1, 0.15) is 45.7 Å². The minimum absolute atomic E-state index is 0.167. The van der Waals surface area contributed by atoms with Gasteiger partial charge in [0.25, 0.3) is 5.91 Å². The van der Waals surface area contributed by atoms with E-state index >= 15 is 0 Å². The van der Waals surface area contributed by atoms with Gasteiger partial charge in [0.15, 0.2) is 0 Å². The van der Waals surface area contributed by atoms with Gasteiger partial charge in [0.05, 0.1) is 0 Å². The van der Waals surface area contributed by atoms with Gasteiger partial charge >= 0.3 is 5.97 Å². The van der Waals surface area contributed by atoms with Crippen LogP contribution in [0.2, 0.25) is 0 Å². The lowest BCUT2D eigenvalue weighted by Crippen LogP contribution is -2.45. The molecule has 0 unspecified atom stereocenters. The number of rotatable bonds is 5. The number of nitrogens with zero attached hydrogens (tertiary/aromatic N) is 1. The molecule has 1 aliphatic rings. The maximum atomic E-state index is 13.1. The summed E-state index contributed by atoms with van der Waals surface area (Å²) >= 11 is 0. The smallest absolute Gasteiger partial charge is 0.354 e. The van der Waals surface area contributed by atoms with Crippen molar-refractivity contribution in [1.82, 2.24) is 10.3 Å². The highest BCUT2D eigenvalue weighted by Gasteiger charge is 2.38. The van der Waals surface area contributed by atoms with Crippen LogP contribution in [0.25, 0.3) is 0 Å². The van der Waals surface area contributed by atoms with Crippen LogP contribution in [0.15, 0.2) is 42.6 Å². The summed E-state index contributed by atoms with van der Waals surface area (Å²) in [7, 11) is 0. The van der Waals surface area contributed by atoms with E-state index in [2.05, 4.69) is 10.3 Å². The third kappa shape index (κ3) is 3.13. The molecule has 1 saturated carbocycles. The number of halogens is 1. The van der Waals surface area contributed by atoms with Crippen LogP contribution in [0.3, 0.4) is 0 Å². The normalized spacial score (nSPS) is 15.4. The van der Waals surface area contributed by atoms with Gasteiger partial charge in [-0.3, -0.25) is 4.79 Å². The molecule has 1 heterocycles. The molecule has 2 aromatic rings. The maximum absolute atomic E-state index is 13.1. The summed E-state index contributed by atoms with van der Waals surface area (Å²) in [5.41, 5.74) is 0.929. The van der Waals surface area contributed by atoms with E-state index in [0.717, 1.165) is 24.8 Å². The van der Waals surface area contributed by atoms with Crippen LogP contribution in [-0.2, 0) is 5.41 Å². The van der Waals surface area contributed by atoms with Crippen LogP contribution in [-0.4, -0.2) is 28.5 Å². The molecule has 0 radical (unpaired) electrons. The van der Waals surface area contributed by atoms with E-state index in [1.54, 1.807) is 12.1 Å². The third-order valence-electron chi connectivity index (χ3n) is 4.60. The molecule has 5 nitrogen and oxygen atoms in total. The van der Waals surface area contributed by atoms with Crippen molar-refractivity contribution in [3.05, 3.63) is 65.2 Å². The quantitative estimate of drug-likeness (QED) is 0.884. The Hall–Kier alpha value is -2.76. The van der Waals surface area contributed by atoms with Crippen molar-refractivity contribution >= 4 is 11.9 Å². The first-order valence-electron chi connectivity index (χ1n) is 7.74. The summed E-state index contributed by atoms with van der Waals surface area (Å²) < 4.78 is 13.1. The lowest BCUT2D eigenvalue weighted by Gasteiger charge is -2.42. The fraction of sp³-hybridized carbons (Fsp3) is 0.278. The Morgan fingerprint density at radius 2 is 1.92 bits per heavy atom. The number of benzene rings is 1. The van der Waals surface area contributed by atoms with Crippen molar-refractivity contribution < 1.29 is 19.1 Å². The molecule has 124 valence electrons. The van der Waals surface area contributed by atoms with Crippen LogP contribution in [0.4, 0.5) is 4.39 Å². The van der Waals surface area contributed by atoms with Crippen LogP contribution < -0.4 is 5.32 Å². The lowest BCUT2D eigenvalue weighted by atomic mass is 9.64. The molecule has 2 N–H and O–H groups in total. The molecule has 0 spiro atoms. The number of carboxylic acids is 1. The van der Waals surface area contributed by atoms with Crippen LogP contribution in [0, 0.1) is 5.82 Å². The zero-order valence-corrected chi connectivity index (χ0v) is 13.0. The molecular formula is C18H17FN2O3. The Labute approximate surface area is 138 Å². The van der Waals surface area contributed by atoms with Crippen LogP contribution >= 0.6 is 0 Å². The predicted molar refractivity (Wildman–Crippen MR) is 85.5 cm³/mol. The Kier molecular flexibility index (Phi) is 4.29. The number of aromatic nitrogens is 1. The van der Waals surface area contributed by atoms with E-state index < -0.39 is 5.97 Å². The molecular weight excluding hydrogens is 311 g/mol. The second-order valence-electron chi connectivity index (χ2n) is 6.06. The van der Waals surface area contributed by atoms with E-state index in [0.29, 0.717) is 6.54 Å². The topological polar surface area (TPSA) is 79.3 Å². The summed E-state index contributed by atoms with van der Waals surface area (Å²) in [6.07, 6.45) is 4.22. The predicted octanol–water partition coefficient (Wildman–Crippen LogP) is 2.77. The summed E-state index contributed by atoms with van der Waals surface area (Å²) in [5.74, 6) is -1.80. The lowest BCUT2D eigenvalue weighted by molar-refractivity contribution is 0.0690. The first kappa shape index (κ1) is 16.1. The molecule has 0 bridgehead atoms. The molecule has 1 aromatic carbocycles. The van der Waals surface area contributed by atoms with Gasteiger partial charge in [-0.1, -0.05) is 18.6 Å². The minimum atomic E-state index is -1.17. The van der Waals surface area contributed by atoms with E-state index in [1.165, 1.54) is 30.5 Å². The van der Waals surface area contributed by atoms with Gasteiger partial charge in [-0.15, -0.1) is 0 Å². The molecule has 0 saturated heterocycles. The second kappa shape index (κ2) is 6.39.